The highest BCUT2D eigenvalue weighted by Gasteiger charge is 2.33. The maximum absolute atomic E-state index is 12.0. The third-order valence-corrected chi connectivity index (χ3v) is 2.60. The third kappa shape index (κ3) is 5.36. The number of hydrogen-bond acceptors (Lipinski definition) is 3. The van der Waals surface area contributed by atoms with Gasteiger partial charge in [-0.15, -0.1) is 0 Å². The van der Waals surface area contributed by atoms with Gasteiger partial charge >= 0.3 is 12.1 Å². The summed E-state index contributed by atoms with van der Waals surface area (Å²) in [4.78, 5) is 25.2. The first-order chi connectivity index (χ1) is 8.69. The summed E-state index contributed by atoms with van der Waals surface area (Å²) in [6, 6.07) is -0.188. The minimum absolute atomic E-state index is 0.0661. The van der Waals surface area contributed by atoms with E-state index in [2.05, 4.69) is 10.6 Å². The van der Waals surface area contributed by atoms with Gasteiger partial charge in [0.05, 0.1) is 0 Å². The van der Waals surface area contributed by atoms with E-state index in [1.54, 1.807) is 4.90 Å². The summed E-state index contributed by atoms with van der Waals surface area (Å²) in [5.41, 5.74) is -0.523. The van der Waals surface area contributed by atoms with Crippen LogP contribution in [-0.4, -0.2) is 41.4 Å². The molecular weight excluding hydrogens is 246 g/mol. The Balaban J connectivity index is 2.54. The van der Waals surface area contributed by atoms with Crippen LogP contribution in [0.15, 0.2) is 0 Å². The van der Waals surface area contributed by atoms with Crippen LogP contribution in [0.4, 0.5) is 9.59 Å². The molecule has 2 N–H and O–H groups in total. The first-order valence-electron chi connectivity index (χ1n) is 6.75. The summed E-state index contributed by atoms with van der Waals surface area (Å²) in [5, 5.41) is 5.55. The number of urea groups is 1. The summed E-state index contributed by atoms with van der Waals surface area (Å²) in [7, 11) is 0. The average Bonchev–Trinajstić information content (AvgIpc) is 2.61. The van der Waals surface area contributed by atoms with Crippen LogP contribution in [0.3, 0.4) is 0 Å². The van der Waals surface area contributed by atoms with E-state index >= 15 is 0 Å². The van der Waals surface area contributed by atoms with E-state index in [0.29, 0.717) is 6.54 Å². The fourth-order valence-corrected chi connectivity index (χ4v) is 1.91. The van der Waals surface area contributed by atoms with Gasteiger partial charge in [0.25, 0.3) is 0 Å². The molecule has 1 aliphatic rings. The van der Waals surface area contributed by atoms with Gasteiger partial charge in [-0.3, -0.25) is 4.90 Å². The van der Waals surface area contributed by atoms with E-state index in [0.717, 1.165) is 12.8 Å². The lowest BCUT2D eigenvalue weighted by molar-refractivity contribution is 0.0210. The maximum atomic E-state index is 12.0. The summed E-state index contributed by atoms with van der Waals surface area (Å²) >= 11 is 0. The average molecular weight is 271 g/mol. The molecule has 0 aliphatic carbocycles. The number of rotatable bonds is 2. The third-order valence-electron chi connectivity index (χ3n) is 2.60. The maximum Gasteiger partial charge on any atom is 0.411 e. The summed E-state index contributed by atoms with van der Waals surface area (Å²) in [6.45, 7) is 9.87. The van der Waals surface area contributed by atoms with Crippen LogP contribution >= 0.6 is 0 Å². The summed E-state index contributed by atoms with van der Waals surface area (Å²) in [5.74, 6) is 0. The van der Waals surface area contributed by atoms with Crippen molar-refractivity contribution in [3.63, 3.8) is 0 Å². The second kappa shape index (κ2) is 6.12. The van der Waals surface area contributed by atoms with Gasteiger partial charge < -0.3 is 15.4 Å². The van der Waals surface area contributed by atoms with Crippen LogP contribution in [0.1, 0.15) is 47.5 Å². The number of amides is 3. The number of likely N-dealkylation sites (tertiary alicyclic amines) is 1. The Labute approximate surface area is 114 Å². The second-order valence-corrected chi connectivity index (χ2v) is 6.10. The predicted octanol–water partition coefficient (Wildman–Crippen LogP) is 2.05. The standard InChI is InChI=1S/C13H25N3O3/c1-9(2)14-11(17)15-10-7-6-8-16(10)12(18)19-13(3,4)5/h9-10H,6-8H2,1-5H3,(H2,14,15,17)/t10-/m1/s1. The van der Waals surface area contributed by atoms with E-state index in [9.17, 15) is 9.59 Å². The quantitative estimate of drug-likeness (QED) is 0.807. The molecule has 1 saturated heterocycles. The topological polar surface area (TPSA) is 70.7 Å². The molecule has 0 radical (unpaired) electrons. The lowest BCUT2D eigenvalue weighted by atomic mass is 10.2. The van der Waals surface area contributed by atoms with E-state index in [1.165, 1.54) is 0 Å². The van der Waals surface area contributed by atoms with Gasteiger partial charge in [-0.1, -0.05) is 0 Å². The van der Waals surface area contributed by atoms with Crippen molar-refractivity contribution in [3.05, 3.63) is 0 Å². The first kappa shape index (κ1) is 15.6. The molecule has 3 amide bonds. The molecule has 0 aromatic rings. The zero-order valence-electron chi connectivity index (χ0n) is 12.4. The minimum atomic E-state index is -0.523. The normalized spacial score (nSPS) is 19.5. The van der Waals surface area contributed by atoms with E-state index in [-0.39, 0.29) is 24.3 Å². The summed E-state index contributed by atoms with van der Waals surface area (Å²) in [6.07, 6.45) is 0.963. The minimum Gasteiger partial charge on any atom is -0.444 e. The fraction of sp³-hybridized carbons (Fsp3) is 0.846. The fourth-order valence-electron chi connectivity index (χ4n) is 1.91. The molecule has 0 aromatic heterocycles. The highest BCUT2D eigenvalue weighted by Crippen LogP contribution is 2.19. The molecule has 1 aliphatic heterocycles. The Morgan fingerprint density at radius 2 is 1.95 bits per heavy atom. The van der Waals surface area contributed by atoms with E-state index in [4.69, 9.17) is 4.74 Å². The van der Waals surface area contributed by atoms with Crippen molar-refractivity contribution in [3.8, 4) is 0 Å². The molecule has 110 valence electrons. The van der Waals surface area contributed by atoms with E-state index in [1.807, 2.05) is 34.6 Å². The molecule has 0 saturated carbocycles. The molecule has 6 nitrogen and oxygen atoms in total. The largest absolute Gasteiger partial charge is 0.444 e. The van der Waals surface area contributed by atoms with Crippen LogP contribution in [-0.2, 0) is 4.74 Å². The molecule has 19 heavy (non-hydrogen) atoms. The number of ether oxygens (including phenoxy) is 1. The van der Waals surface area contributed by atoms with Crippen molar-refractivity contribution in [2.75, 3.05) is 6.54 Å². The van der Waals surface area contributed by atoms with Gasteiger partial charge in [0.2, 0.25) is 0 Å². The SMILES string of the molecule is CC(C)NC(=O)N[C@H]1CCCN1C(=O)OC(C)(C)C. The van der Waals surface area contributed by atoms with Gasteiger partial charge in [0.1, 0.15) is 11.8 Å². The molecule has 0 aromatic carbocycles. The summed E-state index contributed by atoms with van der Waals surface area (Å²) < 4.78 is 5.33. The lowest BCUT2D eigenvalue weighted by Gasteiger charge is -2.29. The van der Waals surface area contributed by atoms with Gasteiger partial charge in [-0.25, -0.2) is 9.59 Å². The van der Waals surface area contributed by atoms with Gasteiger partial charge in [0, 0.05) is 12.6 Å². The highest BCUT2D eigenvalue weighted by atomic mass is 16.6. The molecule has 6 heteroatoms. The number of carbonyl (C=O) groups excluding carboxylic acids is 2. The van der Waals surface area contributed by atoms with Crippen molar-refractivity contribution in [2.45, 2.75) is 65.3 Å². The van der Waals surface area contributed by atoms with Crippen molar-refractivity contribution in [1.29, 1.82) is 0 Å². The number of nitrogens with zero attached hydrogens (tertiary/aromatic N) is 1. The van der Waals surface area contributed by atoms with Crippen LogP contribution < -0.4 is 10.6 Å². The smallest absolute Gasteiger partial charge is 0.411 e. The first-order valence-corrected chi connectivity index (χ1v) is 6.75. The number of carbonyl (C=O) groups is 2. The molecule has 0 bridgehead atoms. The zero-order valence-corrected chi connectivity index (χ0v) is 12.4. The number of nitrogens with one attached hydrogen (secondary N) is 2. The second-order valence-electron chi connectivity index (χ2n) is 6.10. The van der Waals surface area contributed by atoms with Crippen LogP contribution in [0.25, 0.3) is 0 Å². The van der Waals surface area contributed by atoms with Crippen LogP contribution in [0.2, 0.25) is 0 Å². The highest BCUT2D eigenvalue weighted by molar-refractivity contribution is 5.76. The Morgan fingerprint density at radius 3 is 2.47 bits per heavy atom. The van der Waals surface area contributed by atoms with Crippen molar-refractivity contribution in [1.82, 2.24) is 15.5 Å². The van der Waals surface area contributed by atoms with Crippen molar-refractivity contribution < 1.29 is 14.3 Å². The monoisotopic (exact) mass is 271 g/mol. The van der Waals surface area contributed by atoms with Crippen molar-refractivity contribution in [2.24, 2.45) is 0 Å². The van der Waals surface area contributed by atoms with Crippen LogP contribution in [0.5, 0.6) is 0 Å². The van der Waals surface area contributed by atoms with E-state index < -0.39 is 5.60 Å². The Hall–Kier alpha value is -1.46. The van der Waals surface area contributed by atoms with Gasteiger partial charge in [-0.2, -0.15) is 0 Å². The molecule has 1 heterocycles. The Bertz CT molecular complexity index is 337. The molecule has 0 spiro atoms. The molecule has 1 atom stereocenters. The van der Waals surface area contributed by atoms with Gasteiger partial charge in [-0.05, 0) is 47.5 Å². The van der Waals surface area contributed by atoms with Gasteiger partial charge in [0.15, 0.2) is 0 Å². The van der Waals surface area contributed by atoms with Crippen LogP contribution in [0, 0.1) is 0 Å². The molecular formula is C13H25N3O3. The van der Waals surface area contributed by atoms with Crippen molar-refractivity contribution >= 4 is 12.1 Å². The lowest BCUT2D eigenvalue weighted by Crippen LogP contribution is -2.52. The number of hydrogen-bond donors (Lipinski definition) is 2. The zero-order chi connectivity index (χ0) is 14.6. The predicted molar refractivity (Wildman–Crippen MR) is 72.8 cm³/mol. The molecule has 0 unspecified atom stereocenters. The molecule has 1 fully saturated rings. The Kier molecular flexibility index (Phi) is 5.03. The Morgan fingerprint density at radius 1 is 1.32 bits per heavy atom. The molecule has 1 rings (SSSR count).